The monoisotopic (exact) mass is 283 g/mol. The zero-order chi connectivity index (χ0) is 14.5. The summed E-state index contributed by atoms with van der Waals surface area (Å²) in [5, 5.41) is 2.34. The topological polar surface area (TPSA) is 25.0 Å². The third-order valence-electron chi connectivity index (χ3n) is 4.23. The van der Waals surface area contributed by atoms with E-state index in [4.69, 9.17) is 4.74 Å². The number of benzene rings is 3. The number of nitrogens with one attached hydrogen (secondary N) is 1. The number of ether oxygens (including phenoxy) is 1. The van der Waals surface area contributed by atoms with E-state index < -0.39 is 0 Å². The van der Waals surface area contributed by atoms with Gasteiger partial charge in [0.25, 0.3) is 0 Å². The average molecular weight is 283 g/mol. The molecule has 104 valence electrons. The van der Waals surface area contributed by atoms with E-state index in [1.165, 1.54) is 5.39 Å². The Balaban J connectivity index is 1.89. The number of hydrogen-bond acceptors (Lipinski definition) is 1. The maximum atomic E-state index is 6.30. The van der Waals surface area contributed by atoms with Gasteiger partial charge in [-0.05, 0) is 24.3 Å². The molecule has 1 aliphatic rings. The Morgan fingerprint density at radius 2 is 1.50 bits per heavy atom. The maximum absolute atomic E-state index is 6.30. The number of aromatic nitrogens is 1. The second-order valence-electron chi connectivity index (χ2n) is 5.55. The zero-order valence-electron chi connectivity index (χ0n) is 11.8. The van der Waals surface area contributed by atoms with E-state index in [1.807, 2.05) is 24.3 Å². The van der Waals surface area contributed by atoms with Crippen molar-refractivity contribution in [3.05, 3.63) is 71.8 Å². The molecule has 0 bridgehead atoms. The molecule has 0 saturated heterocycles. The highest BCUT2D eigenvalue weighted by atomic mass is 16.5. The van der Waals surface area contributed by atoms with Gasteiger partial charge in [0.15, 0.2) is 0 Å². The van der Waals surface area contributed by atoms with Crippen molar-refractivity contribution in [1.29, 1.82) is 0 Å². The van der Waals surface area contributed by atoms with Gasteiger partial charge in [-0.25, -0.2) is 0 Å². The maximum Gasteiger partial charge on any atom is 0.144 e. The summed E-state index contributed by atoms with van der Waals surface area (Å²) in [6, 6.07) is 20.7. The number of H-pyrrole nitrogens is 1. The molecule has 0 unspecified atom stereocenters. The van der Waals surface area contributed by atoms with Crippen molar-refractivity contribution in [1.82, 2.24) is 4.98 Å². The standard InChI is InChI=1S/C20H13NO/c1-4-8-18-13(5-1)9-10-14-11-12-17-19(20(14)22-18)15-6-2-3-7-16(15)21-17/h1-12,21H. The highest BCUT2D eigenvalue weighted by molar-refractivity contribution is 6.12. The predicted molar refractivity (Wildman–Crippen MR) is 91.2 cm³/mol. The Morgan fingerprint density at radius 3 is 2.50 bits per heavy atom. The Hall–Kier alpha value is -3.00. The minimum atomic E-state index is 0.898. The van der Waals surface area contributed by atoms with Crippen molar-refractivity contribution in [3.63, 3.8) is 0 Å². The van der Waals surface area contributed by atoms with Crippen LogP contribution in [0.4, 0.5) is 0 Å². The molecule has 1 aromatic heterocycles. The van der Waals surface area contributed by atoms with Crippen LogP contribution in [0.5, 0.6) is 11.5 Å². The molecule has 0 spiro atoms. The Labute approximate surface area is 127 Å². The summed E-state index contributed by atoms with van der Waals surface area (Å²) in [6.07, 6.45) is 4.24. The van der Waals surface area contributed by atoms with Gasteiger partial charge < -0.3 is 9.72 Å². The van der Waals surface area contributed by atoms with Crippen molar-refractivity contribution >= 4 is 34.0 Å². The van der Waals surface area contributed by atoms with Crippen LogP contribution in [0.1, 0.15) is 11.1 Å². The molecule has 3 aromatic carbocycles. The second kappa shape index (κ2) is 4.25. The first kappa shape index (κ1) is 11.6. The highest BCUT2D eigenvalue weighted by Crippen LogP contribution is 2.41. The molecule has 2 heteroatoms. The third kappa shape index (κ3) is 1.55. The average Bonchev–Trinajstić information content (AvgIpc) is 2.83. The van der Waals surface area contributed by atoms with Gasteiger partial charge in [0.1, 0.15) is 11.5 Å². The van der Waals surface area contributed by atoms with E-state index in [-0.39, 0.29) is 0 Å². The molecule has 1 N–H and O–H groups in total. The number of rotatable bonds is 0. The number of hydrogen-bond donors (Lipinski definition) is 1. The fourth-order valence-corrected chi connectivity index (χ4v) is 3.17. The van der Waals surface area contributed by atoms with Crippen LogP contribution in [0.25, 0.3) is 34.0 Å². The summed E-state index contributed by atoms with van der Waals surface area (Å²) in [6.45, 7) is 0. The minimum absolute atomic E-state index is 0.898. The molecule has 5 rings (SSSR count). The van der Waals surface area contributed by atoms with E-state index >= 15 is 0 Å². The predicted octanol–water partition coefficient (Wildman–Crippen LogP) is 5.60. The van der Waals surface area contributed by atoms with Crippen molar-refractivity contribution < 1.29 is 4.74 Å². The van der Waals surface area contributed by atoms with Gasteiger partial charge in [-0.1, -0.05) is 48.6 Å². The SMILES string of the molecule is C1=Cc2ccc3[nH]c4ccccc4c3c2Oc2ccccc21. The van der Waals surface area contributed by atoms with Gasteiger partial charge in [0, 0.05) is 22.0 Å². The molecule has 0 fully saturated rings. The van der Waals surface area contributed by atoms with Crippen molar-refractivity contribution in [2.75, 3.05) is 0 Å². The lowest BCUT2D eigenvalue weighted by atomic mass is 10.1. The molecule has 0 radical (unpaired) electrons. The van der Waals surface area contributed by atoms with Crippen LogP contribution in [0.15, 0.2) is 60.7 Å². The molecule has 0 amide bonds. The van der Waals surface area contributed by atoms with Crippen LogP contribution in [-0.2, 0) is 0 Å². The first-order valence-corrected chi connectivity index (χ1v) is 7.38. The van der Waals surface area contributed by atoms with Crippen LogP contribution in [-0.4, -0.2) is 4.98 Å². The van der Waals surface area contributed by atoms with Gasteiger partial charge in [-0.2, -0.15) is 0 Å². The number of para-hydroxylation sites is 2. The van der Waals surface area contributed by atoms with Crippen molar-refractivity contribution in [2.24, 2.45) is 0 Å². The summed E-state index contributed by atoms with van der Waals surface area (Å²) in [7, 11) is 0. The van der Waals surface area contributed by atoms with E-state index in [0.717, 1.165) is 39.0 Å². The van der Waals surface area contributed by atoms with Crippen LogP contribution in [0.2, 0.25) is 0 Å². The molecular formula is C20H13NO. The lowest BCUT2D eigenvalue weighted by molar-refractivity contribution is 0.487. The van der Waals surface area contributed by atoms with E-state index in [0.29, 0.717) is 0 Å². The first-order valence-electron chi connectivity index (χ1n) is 7.38. The summed E-state index contributed by atoms with van der Waals surface area (Å²) >= 11 is 0. The Morgan fingerprint density at radius 1 is 0.682 bits per heavy atom. The largest absolute Gasteiger partial charge is 0.455 e. The fourth-order valence-electron chi connectivity index (χ4n) is 3.17. The van der Waals surface area contributed by atoms with Crippen molar-refractivity contribution in [3.8, 4) is 11.5 Å². The van der Waals surface area contributed by atoms with Crippen LogP contribution >= 0.6 is 0 Å². The lowest BCUT2D eigenvalue weighted by Crippen LogP contribution is -1.88. The molecule has 4 aromatic rings. The summed E-state index contributed by atoms with van der Waals surface area (Å²) in [5.41, 5.74) is 4.45. The molecule has 0 aliphatic carbocycles. The summed E-state index contributed by atoms with van der Waals surface area (Å²) < 4.78 is 6.30. The second-order valence-corrected chi connectivity index (χ2v) is 5.55. The first-order chi connectivity index (χ1) is 10.9. The van der Waals surface area contributed by atoms with E-state index in [9.17, 15) is 0 Å². The third-order valence-corrected chi connectivity index (χ3v) is 4.23. The molecule has 0 atom stereocenters. The molecule has 22 heavy (non-hydrogen) atoms. The Kier molecular flexibility index (Phi) is 2.25. The van der Waals surface area contributed by atoms with Gasteiger partial charge >= 0.3 is 0 Å². The van der Waals surface area contributed by atoms with Crippen LogP contribution < -0.4 is 4.74 Å². The van der Waals surface area contributed by atoms with Gasteiger partial charge in [-0.15, -0.1) is 0 Å². The summed E-state index contributed by atoms with van der Waals surface area (Å²) in [4.78, 5) is 3.47. The molecular weight excluding hydrogens is 270 g/mol. The van der Waals surface area contributed by atoms with E-state index in [2.05, 4.69) is 53.5 Å². The van der Waals surface area contributed by atoms with Gasteiger partial charge in [0.2, 0.25) is 0 Å². The number of fused-ring (bicyclic) bond motifs is 6. The normalized spacial score (nSPS) is 12.7. The van der Waals surface area contributed by atoms with E-state index in [1.54, 1.807) is 0 Å². The zero-order valence-corrected chi connectivity index (χ0v) is 11.8. The lowest BCUT2D eigenvalue weighted by Gasteiger charge is -2.10. The molecule has 2 heterocycles. The molecule has 1 aliphatic heterocycles. The van der Waals surface area contributed by atoms with Gasteiger partial charge in [-0.3, -0.25) is 0 Å². The molecule has 0 saturated carbocycles. The minimum Gasteiger partial charge on any atom is -0.455 e. The highest BCUT2D eigenvalue weighted by Gasteiger charge is 2.16. The van der Waals surface area contributed by atoms with Crippen LogP contribution in [0.3, 0.4) is 0 Å². The molecule has 2 nitrogen and oxygen atoms in total. The smallest absolute Gasteiger partial charge is 0.144 e. The quantitative estimate of drug-likeness (QED) is 0.393. The fraction of sp³-hybridized carbons (Fsp3) is 0. The van der Waals surface area contributed by atoms with Crippen LogP contribution in [0, 0.1) is 0 Å². The van der Waals surface area contributed by atoms with Gasteiger partial charge in [0.05, 0.1) is 10.9 Å². The summed E-state index contributed by atoms with van der Waals surface area (Å²) in [5.74, 6) is 1.83. The van der Waals surface area contributed by atoms with Crippen molar-refractivity contribution in [2.45, 2.75) is 0 Å². The number of aromatic amines is 1. The Bertz CT molecular complexity index is 1060.